The second-order valence-corrected chi connectivity index (χ2v) is 10.6. The van der Waals surface area contributed by atoms with Gasteiger partial charge in [0, 0.05) is 17.7 Å². The van der Waals surface area contributed by atoms with Gasteiger partial charge in [-0.05, 0) is 62.9 Å². The van der Waals surface area contributed by atoms with E-state index in [9.17, 15) is 14.7 Å². The van der Waals surface area contributed by atoms with Gasteiger partial charge in [0.15, 0.2) is 12.6 Å². The van der Waals surface area contributed by atoms with Crippen molar-refractivity contribution in [2.24, 2.45) is 10.8 Å². The molecule has 0 bridgehead atoms. The number of benzene rings is 2. The highest BCUT2D eigenvalue weighted by Gasteiger charge is 2.47. The van der Waals surface area contributed by atoms with E-state index in [0.29, 0.717) is 6.42 Å². The highest BCUT2D eigenvalue weighted by molar-refractivity contribution is 5.91. The molecule has 2 fully saturated rings. The summed E-state index contributed by atoms with van der Waals surface area (Å²) in [6, 6.07) is 11.4. The van der Waals surface area contributed by atoms with Gasteiger partial charge in [-0.1, -0.05) is 24.3 Å². The summed E-state index contributed by atoms with van der Waals surface area (Å²) in [6.45, 7) is 7.39. The molecular weight excluding hydrogens is 492 g/mol. The number of methoxy groups -OCH3 is 1. The van der Waals surface area contributed by atoms with Crippen LogP contribution in [0.5, 0.6) is 5.75 Å². The summed E-state index contributed by atoms with van der Waals surface area (Å²) >= 11 is 0. The Morgan fingerprint density at radius 1 is 0.842 bits per heavy atom. The van der Waals surface area contributed by atoms with E-state index in [1.54, 1.807) is 21.0 Å². The highest BCUT2D eigenvalue weighted by atomic mass is 16.7. The van der Waals surface area contributed by atoms with Crippen LogP contribution in [0.25, 0.3) is 0 Å². The van der Waals surface area contributed by atoms with Gasteiger partial charge < -0.3 is 33.5 Å². The van der Waals surface area contributed by atoms with Crippen LogP contribution in [0.4, 0.5) is 0 Å². The maximum Gasteiger partial charge on any atom is 0.324 e. The van der Waals surface area contributed by atoms with E-state index in [1.807, 2.05) is 50.2 Å². The molecule has 0 radical (unpaired) electrons. The molecule has 2 aromatic carbocycles. The van der Waals surface area contributed by atoms with Gasteiger partial charge in [0.2, 0.25) is 0 Å². The molecule has 2 heterocycles. The van der Waals surface area contributed by atoms with Gasteiger partial charge in [0.1, 0.15) is 16.6 Å². The monoisotopic (exact) mass is 528 g/mol. The van der Waals surface area contributed by atoms with Crippen LogP contribution in [-0.2, 0) is 39.7 Å². The topological polar surface area (TPSA) is 110 Å². The summed E-state index contributed by atoms with van der Waals surface area (Å²) in [7, 11) is 1.61. The lowest BCUT2D eigenvalue weighted by molar-refractivity contribution is -0.245. The van der Waals surface area contributed by atoms with Gasteiger partial charge >= 0.3 is 11.9 Å². The van der Waals surface area contributed by atoms with Gasteiger partial charge in [-0.2, -0.15) is 0 Å². The van der Waals surface area contributed by atoms with Crippen LogP contribution in [0, 0.1) is 24.7 Å². The van der Waals surface area contributed by atoms with Crippen LogP contribution >= 0.6 is 0 Å². The second kappa shape index (κ2) is 11.5. The smallest absolute Gasteiger partial charge is 0.324 e. The summed E-state index contributed by atoms with van der Waals surface area (Å²) in [5.74, 6) is -0.673. The molecule has 9 heteroatoms. The van der Waals surface area contributed by atoms with Gasteiger partial charge in [-0.25, -0.2) is 0 Å². The zero-order valence-electron chi connectivity index (χ0n) is 22.6. The molecule has 2 saturated heterocycles. The van der Waals surface area contributed by atoms with Crippen molar-refractivity contribution in [1.29, 1.82) is 0 Å². The van der Waals surface area contributed by atoms with Crippen molar-refractivity contribution in [3.05, 3.63) is 64.2 Å². The number of carbonyl (C=O) groups is 2. The summed E-state index contributed by atoms with van der Waals surface area (Å²) in [5, 5.41) is 9.18. The number of ether oxygens (including phenoxy) is 6. The Kier molecular flexibility index (Phi) is 8.54. The maximum absolute atomic E-state index is 13.0. The maximum atomic E-state index is 13.0. The molecule has 2 aliphatic rings. The molecule has 4 rings (SSSR count). The SMILES string of the molecule is COc1ccc(C2OCC(C)(C(=O)OC(=O)C3(C)COC(c4ccc(CCO)c(C)c4)OC3)CO2)cc1C. The third-order valence-electron chi connectivity index (χ3n) is 7.10. The predicted octanol–water partition coefficient (Wildman–Crippen LogP) is 3.72. The van der Waals surface area contributed by atoms with Crippen molar-refractivity contribution in [2.45, 2.75) is 46.7 Å². The molecule has 38 heavy (non-hydrogen) atoms. The van der Waals surface area contributed by atoms with Crippen LogP contribution in [-0.4, -0.2) is 57.2 Å². The molecule has 0 aromatic heterocycles. The average Bonchev–Trinajstić information content (AvgIpc) is 2.90. The first-order valence-corrected chi connectivity index (χ1v) is 12.7. The molecule has 0 unspecified atom stereocenters. The van der Waals surface area contributed by atoms with E-state index in [2.05, 4.69) is 0 Å². The highest BCUT2D eigenvalue weighted by Crippen LogP contribution is 2.37. The number of esters is 2. The molecule has 9 nitrogen and oxygen atoms in total. The predicted molar refractivity (Wildman–Crippen MR) is 136 cm³/mol. The third-order valence-corrected chi connectivity index (χ3v) is 7.10. The van der Waals surface area contributed by atoms with Crippen LogP contribution in [0.1, 0.15) is 54.2 Å². The summed E-state index contributed by atoms with van der Waals surface area (Å²) in [5.41, 5.74) is 2.36. The van der Waals surface area contributed by atoms with Crippen LogP contribution in [0.2, 0.25) is 0 Å². The van der Waals surface area contributed by atoms with E-state index in [4.69, 9.17) is 28.4 Å². The molecule has 0 amide bonds. The number of aliphatic hydroxyl groups excluding tert-OH is 1. The third kappa shape index (κ3) is 5.92. The number of rotatable bonds is 7. The number of aryl methyl sites for hydroxylation is 2. The van der Waals surface area contributed by atoms with Crippen molar-refractivity contribution >= 4 is 11.9 Å². The van der Waals surface area contributed by atoms with Crippen molar-refractivity contribution in [3.8, 4) is 5.75 Å². The van der Waals surface area contributed by atoms with E-state index in [-0.39, 0.29) is 33.0 Å². The first kappa shape index (κ1) is 28.2. The molecule has 2 aliphatic heterocycles. The summed E-state index contributed by atoms with van der Waals surface area (Å²) in [6.07, 6.45) is -0.690. The molecule has 0 saturated carbocycles. The quantitative estimate of drug-likeness (QED) is 0.425. The van der Waals surface area contributed by atoms with Crippen molar-refractivity contribution in [1.82, 2.24) is 0 Å². The molecular formula is C29H36O9. The Balaban J connectivity index is 1.31. The Morgan fingerprint density at radius 2 is 1.32 bits per heavy atom. The van der Waals surface area contributed by atoms with Gasteiger partial charge in [0.05, 0.1) is 33.5 Å². The average molecular weight is 529 g/mol. The molecule has 0 spiro atoms. The minimum absolute atomic E-state index is 0.0316. The fourth-order valence-corrected chi connectivity index (χ4v) is 4.48. The zero-order chi connectivity index (χ0) is 27.5. The zero-order valence-corrected chi connectivity index (χ0v) is 22.6. The molecule has 206 valence electrons. The second-order valence-electron chi connectivity index (χ2n) is 10.6. The Hall–Kier alpha value is -2.82. The normalized spacial score (nSPS) is 27.5. The van der Waals surface area contributed by atoms with Gasteiger partial charge in [-0.15, -0.1) is 0 Å². The van der Waals surface area contributed by atoms with Gasteiger partial charge in [-0.3, -0.25) is 9.59 Å². The van der Waals surface area contributed by atoms with Gasteiger partial charge in [0.25, 0.3) is 0 Å². The van der Waals surface area contributed by atoms with Crippen LogP contribution < -0.4 is 4.74 Å². The molecule has 1 N–H and O–H groups in total. The lowest BCUT2D eigenvalue weighted by Crippen LogP contribution is -2.48. The largest absolute Gasteiger partial charge is 0.496 e. The minimum Gasteiger partial charge on any atom is -0.496 e. The fourth-order valence-electron chi connectivity index (χ4n) is 4.48. The summed E-state index contributed by atoms with van der Waals surface area (Å²) in [4.78, 5) is 26.0. The minimum atomic E-state index is -1.14. The van der Waals surface area contributed by atoms with Crippen molar-refractivity contribution < 1.29 is 43.1 Å². The van der Waals surface area contributed by atoms with Crippen molar-refractivity contribution in [2.75, 3.05) is 40.1 Å². The Bertz CT molecular complexity index is 1160. The number of aliphatic hydroxyl groups is 1. The first-order chi connectivity index (χ1) is 18.1. The number of hydrogen-bond donors (Lipinski definition) is 1. The van der Waals surface area contributed by atoms with E-state index in [1.165, 1.54) is 0 Å². The van der Waals surface area contributed by atoms with E-state index < -0.39 is 35.3 Å². The lowest BCUT2D eigenvalue weighted by atomic mass is 9.90. The number of carbonyl (C=O) groups excluding carboxylic acids is 2. The van der Waals surface area contributed by atoms with Crippen molar-refractivity contribution in [3.63, 3.8) is 0 Å². The van der Waals surface area contributed by atoms with E-state index in [0.717, 1.165) is 33.6 Å². The Morgan fingerprint density at radius 3 is 1.74 bits per heavy atom. The first-order valence-electron chi connectivity index (χ1n) is 12.7. The molecule has 0 aliphatic carbocycles. The van der Waals surface area contributed by atoms with Crippen LogP contribution in [0.3, 0.4) is 0 Å². The van der Waals surface area contributed by atoms with E-state index >= 15 is 0 Å². The summed E-state index contributed by atoms with van der Waals surface area (Å²) < 4.78 is 34.0. The lowest BCUT2D eigenvalue weighted by Gasteiger charge is -2.38. The molecule has 0 atom stereocenters. The van der Waals surface area contributed by atoms with Crippen LogP contribution in [0.15, 0.2) is 36.4 Å². The Labute approximate surface area is 222 Å². The number of hydrogen-bond acceptors (Lipinski definition) is 9. The standard InChI is InChI=1S/C29H36O9/c1-18-12-21(7-6-20(18)10-11-30)24-34-14-28(3,15-35-24)26(31)38-27(32)29(4)16-36-25(37-17-29)22-8-9-23(33-5)19(2)13-22/h6-9,12-13,24-25,30H,10-11,14-17H2,1-5H3. The fraction of sp³-hybridized carbons (Fsp3) is 0.517. The molecule has 2 aromatic rings.